The van der Waals surface area contributed by atoms with Gasteiger partial charge in [-0.15, -0.1) is 0 Å². The minimum absolute atomic E-state index is 0.301. The van der Waals surface area contributed by atoms with Gasteiger partial charge < -0.3 is 4.42 Å². The molecule has 0 saturated carbocycles. The highest BCUT2D eigenvalue weighted by molar-refractivity contribution is 6.10. The number of rotatable bonds is 2. The summed E-state index contributed by atoms with van der Waals surface area (Å²) in [6.45, 7) is 0. The van der Waals surface area contributed by atoms with E-state index in [0.717, 1.165) is 33.2 Å². The van der Waals surface area contributed by atoms with Gasteiger partial charge >= 0.3 is 5.63 Å². The Morgan fingerprint density at radius 3 is 1.81 bits per heavy atom. The lowest BCUT2D eigenvalue weighted by Crippen LogP contribution is -2.02. The Bertz CT molecular complexity index is 1270. The van der Waals surface area contributed by atoms with E-state index in [2.05, 4.69) is 18.2 Å². The summed E-state index contributed by atoms with van der Waals surface area (Å²) >= 11 is 0. The summed E-state index contributed by atoms with van der Waals surface area (Å²) < 4.78 is 5.90. The molecule has 2 aliphatic carbocycles. The van der Waals surface area contributed by atoms with E-state index in [4.69, 9.17) is 4.42 Å². The Morgan fingerprint density at radius 2 is 1.15 bits per heavy atom. The molecule has 1 aromatic heterocycles. The van der Waals surface area contributed by atoms with E-state index in [1.807, 2.05) is 78.9 Å². The molecule has 27 heavy (non-hydrogen) atoms. The summed E-state index contributed by atoms with van der Waals surface area (Å²) in [5.41, 5.74) is 4.53. The quantitative estimate of drug-likeness (QED) is 0.378. The number of fused-ring (bicyclic) bond motifs is 3. The molecule has 5 rings (SSSR count). The van der Waals surface area contributed by atoms with Gasteiger partial charge in [-0.05, 0) is 22.8 Å². The molecule has 0 saturated heterocycles. The average molecular weight is 348 g/mol. The van der Waals surface area contributed by atoms with Crippen LogP contribution in [0.25, 0.3) is 44.3 Å². The van der Waals surface area contributed by atoms with E-state index in [9.17, 15) is 4.79 Å². The van der Waals surface area contributed by atoms with E-state index < -0.39 is 0 Å². The van der Waals surface area contributed by atoms with E-state index in [-0.39, 0.29) is 5.63 Å². The zero-order chi connectivity index (χ0) is 18.2. The molecule has 0 fully saturated rings. The van der Waals surface area contributed by atoms with Crippen LogP contribution >= 0.6 is 0 Å². The monoisotopic (exact) mass is 348 g/mol. The number of benzene rings is 2. The van der Waals surface area contributed by atoms with Crippen molar-refractivity contribution in [3.05, 3.63) is 107 Å². The van der Waals surface area contributed by atoms with Crippen LogP contribution in [0, 0.1) is 0 Å². The fourth-order valence-corrected chi connectivity index (χ4v) is 3.71. The van der Waals surface area contributed by atoms with Gasteiger partial charge in [-0.25, -0.2) is 4.79 Å². The Balaban J connectivity index is 1.98. The molecule has 0 aliphatic heterocycles. The number of hydrogen-bond acceptors (Lipinski definition) is 2. The van der Waals surface area contributed by atoms with Gasteiger partial charge in [-0.2, -0.15) is 0 Å². The average Bonchev–Trinajstić information content (AvgIpc) is 2.92. The maximum Gasteiger partial charge on any atom is 0.344 e. The number of hydrogen-bond donors (Lipinski definition) is 0. The topological polar surface area (TPSA) is 30.2 Å². The summed E-state index contributed by atoms with van der Waals surface area (Å²) in [5.74, 6) is 0.610. The molecule has 128 valence electrons. The molecular weight excluding hydrogens is 332 g/mol. The van der Waals surface area contributed by atoms with Crippen molar-refractivity contribution in [2.45, 2.75) is 0 Å². The van der Waals surface area contributed by atoms with Crippen molar-refractivity contribution in [2.24, 2.45) is 0 Å². The lowest BCUT2D eigenvalue weighted by molar-refractivity contribution is 0.536. The molecule has 0 N–H and O–H groups in total. The minimum atomic E-state index is -0.301. The second-order valence-electron chi connectivity index (χ2n) is 6.54. The first-order chi connectivity index (χ1) is 13.3. The van der Waals surface area contributed by atoms with Crippen LogP contribution in [0.1, 0.15) is 0 Å². The van der Waals surface area contributed by atoms with Crippen molar-refractivity contribution in [1.29, 1.82) is 0 Å². The van der Waals surface area contributed by atoms with Crippen LogP contribution < -0.4 is 5.63 Å². The Hall–Kier alpha value is -3.65. The Labute approximate surface area is 156 Å². The van der Waals surface area contributed by atoms with Crippen LogP contribution in [0.15, 0.2) is 106 Å². The van der Waals surface area contributed by atoms with Crippen LogP contribution in [0.5, 0.6) is 0 Å². The molecular formula is C25H16O2. The van der Waals surface area contributed by atoms with Crippen LogP contribution in [0.2, 0.25) is 0 Å². The van der Waals surface area contributed by atoms with E-state index in [0.29, 0.717) is 11.1 Å². The van der Waals surface area contributed by atoms with Gasteiger partial charge in [0.25, 0.3) is 0 Å². The molecule has 0 spiro atoms. The molecule has 0 atom stereocenters. The molecule has 2 nitrogen and oxygen atoms in total. The minimum Gasteiger partial charge on any atom is -0.422 e. The van der Waals surface area contributed by atoms with E-state index in [1.165, 1.54) is 0 Å². The van der Waals surface area contributed by atoms with Gasteiger partial charge in [0.05, 0.1) is 5.39 Å². The first-order valence-corrected chi connectivity index (χ1v) is 8.92. The van der Waals surface area contributed by atoms with Crippen LogP contribution in [0.4, 0.5) is 0 Å². The molecule has 1 heterocycles. The predicted octanol–water partition coefficient (Wildman–Crippen LogP) is 6.23. The molecule has 0 radical (unpaired) electrons. The SMILES string of the molecule is O=c1oc(-c2ccccc2)c(-c2ccccc2)c2cc3cccccc-3c12. The fourth-order valence-electron chi connectivity index (χ4n) is 3.71. The normalized spacial score (nSPS) is 11.1. The molecule has 0 bridgehead atoms. The van der Waals surface area contributed by atoms with Crippen molar-refractivity contribution >= 4 is 10.8 Å². The van der Waals surface area contributed by atoms with Crippen LogP contribution in [0.3, 0.4) is 0 Å². The molecule has 0 amide bonds. The molecule has 0 unspecified atom stereocenters. The van der Waals surface area contributed by atoms with Gasteiger partial charge in [-0.1, -0.05) is 91.0 Å². The smallest absolute Gasteiger partial charge is 0.344 e. The molecule has 2 aromatic carbocycles. The predicted molar refractivity (Wildman–Crippen MR) is 110 cm³/mol. The summed E-state index contributed by atoms with van der Waals surface area (Å²) in [4.78, 5) is 13.0. The van der Waals surface area contributed by atoms with Crippen molar-refractivity contribution < 1.29 is 4.42 Å². The summed E-state index contributed by atoms with van der Waals surface area (Å²) in [7, 11) is 0. The zero-order valence-electron chi connectivity index (χ0n) is 14.6. The van der Waals surface area contributed by atoms with Crippen LogP contribution in [-0.4, -0.2) is 0 Å². The summed E-state index contributed by atoms with van der Waals surface area (Å²) in [6.07, 6.45) is 0. The van der Waals surface area contributed by atoms with Gasteiger partial charge in [-0.3, -0.25) is 0 Å². The molecule has 2 heteroatoms. The third-order valence-electron chi connectivity index (χ3n) is 4.90. The van der Waals surface area contributed by atoms with Crippen molar-refractivity contribution in [3.8, 4) is 33.6 Å². The van der Waals surface area contributed by atoms with E-state index >= 15 is 0 Å². The molecule has 3 aromatic rings. The highest BCUT2D eigenvalue weighted by Gasteiger charge is 2.21. The highest BCUT2D eigenvalue weighted by Crippen LogP contribution is 2.41. The van der Waals surface area contributed by atoms with Gasteiger partial charge in [0.2, 0.25) is 0 Å². The van der Waals surface area contributed by atoms with Gasteiger partial charge in [0.1, 0.15) is 5.76 Å². The highest BCUT2D eigenvalue weighted by atomic mass is 16.4. The van der Waals surface area contributed by atoms with Gasteiger partial charge in [0, 0.05) is 16.5 Å². The van der Waals surface area contributed by atoms with Crippen molar-refractivity contribution in [1.82, 2.24) is 0 Å². The lowest BCUT2D eigenvalue weighted by Gasteiger charge is -2.10. The second kappa shape index (κ2) is 6.26. The lowest BCUT2D eigenvalue weighted by atomic mass is 9.97. The summed E-state index contributed by atoms with van der Waals surface area (Å²) in [6, 6.07) is 31.9. The third kappa shape index (κ3) is 2.54. The van der Waals surface area contributed by atoms with E-state index in [1.54, 1.807) is 0 Å². The second-order valence-corrected chi connectivity index (χ2v) is 6.54. The maximum atomic E-state index is 13.0. The standard InChI is InChI=1S/C25H16O2/c26-25-23-20-15-9-3-8-14-19(20)16-21(23)22(17-10-4-1-5-11-17)24(27-25)18-12-6-2-7-13-18/h1-16H. The zero-order valence-corrected chi connectivity index (χ0v) is 14.6. The first kappa shape index (κ1) is 15.6. The Morgan fingerprint density at radius 1 is 0.593 bits per heavy atom. The van der Waals surface area contributed by atoms with Gasteiger partial charge in [0.15, 0.2) is 0 Å². The largest absolute Gasteiger partial charge is 0.422 e. The Kier molecular flexibility index (Phi) is 3.61. The molecule has 2 aliphatic rings. The van der Waals surface area contributed by atoms with Crippen molar-refractivity contribution in [2.75, 3.05) is 0 Å². The maximum absolute atomic E-state index is 13.0. The summed E-state index contributed by atoms with van der Waals surface area (Å²) in [5, 5.41) is 1.57. The first-order valence-electron chi connectivity index (χ1n) is 8.92. The van der Waals surface area contributed by atoms with Crippen molar-refractivity contribution in [3.63, 3.8) is 0 Å². The van der Waals surface area contributed by atoms with Crippen LogP contribution in [-0.2, 0) is 0 Å². The third-order valence-corrected chi connectivity index (χ3v) is 4.90. The fraction of sp³-hybridized carbons (Fsp3) is 0.